The minimum absolute atomic E-state index is 0.0575. The third-order valence-corrected chi connectivity index (χ3v) is 8.53. The van der Waals surface area contributed by atoms with Gasteiger partial charge in [0.15, 0.2) is 0 Å². The van der Waals surface area contributed by atoms with Gasteiger partial charge in [-0.1, -0.05) is 28.9 Å². The number of aryl methyl sites for hydroxylation is 1. The van der Waals surface area contributed by atoms with Crippen LogP contribution in [0.5, 0.6) is 0 Å². The van der Waals surface area contributed by atoms with Crippen molar-refractivity contribution in [3.8, 4) is 11.4 Å². The zero-order chi connectivity index (χ0) is 27.7. The van der Waals surface area contributed by atoms with Crippen molar-refractivity contribution in [1.82, 2.24) is 19.3 Å². The summed E-state index contributed by atoms with van der Waals surface area (Å²) in [4.78, 5) is 31.6. The highest BCUT2D eigenvalue weighted by Crippen LogP contribution is 2.26. The van der Waals surface area contributed by atoms with Gasteiger partial charge < -0.3 is 19.3 Å². The number of carbonyl (C=O) groups is 2. The van der Waals surface area contributed by atoms with Crippen LogP contribution >= 0.6 is 11.6 Å². The van der Waals surface area contributed by atoms with Crippen LogP contribution < -0.4 is 10.0 Å². The number of fused-ring (bicyclic) bond motifs is 1. The van der Waals surface area contributed by atoms with E-state index in [9.17, 15) is 23.1 Å². The topological polar surface area (TPSA) is 140 Å². The van der Waals surface area contributed by atoms with Crippen molar-refractivity contribution in [2.24, 2.45) is 0 Å². The average molecular weight is 569 g/mol. The second-order valence-corrected chi connectivity index (χ2v) is 11.3. The van der Waals surface area contributed by atoms with Gasteiger partial charge in [0, 0.05) is 49.4 Å². The number of anilines is 1. The molecule has 0 radical (unpaired) electrons. The molecule has 0 spiro atoms. The van der Waals surface area contributed by atoms with E-state index in [1.807, 2.05) is 0 Å². The second-order valence-electron chi connectivity index (χ2n) is 8.97. The summed E-state index contributed by atoms with van der Waals surface area (Å²) in [6.45, 7) is 1.29. The van der Waals surface area contributed by atoms with Crippen molar-refractivity contribution in [3.05, 3.63) is 71.6 Å². The number of piperazine rings is 1. The van der Waals surface area contributed by atoms with E-state index in [4.69, 9.17) is 16.1 Å². The predicted molar refractivity (Wildman–Crippen MR) is 142 cm³/mol. The molecule has 1 fully saturated rings. The van der Waals surface area contributed by atoms with Gasteiger partial charge in [-0.15, -0.1) is 0 Å². The molecule has 1 aliphatic rings. The maximum absolute atomic E-state index is 13.3. The van der Waals surface area contributed by atoms with Gasteiger partial charge in [0.1, 0.15) is 0 Å². The first-order valence-electron chi connectivity index (χ1n) is 12.0. The van der Waals surface area contributed by atoms with Gasteiger partial charge in [0.05, 0.1) is 17.4 Å². The van der Waals surface area contributed by atoms with Crippen molar-refractivity contribution in [2.75, 3.05) is 37.6 Å². The minimum atomic E-state index is -3.81. The molecule has 39 heavy (non-hydrogen) atoms. The molecule has 1 aliphatic heterocycles. The quantitative estimate of drug-likeness (QED) is 0.345. The molecular formula is C26H23ClN5O6S-. The highest BCUT2D eigenvalue weighted by molar-refractivity contribution is 7.89. The van der Waals surface area contributed by atoms with Crippen LogP contribution in [0, 0.1) is 6.92 Å². The normalized spacial score (nSPS) is 14.5. The number of sulfonamides is 1. The van der Waals surface area contributed by atoms with Gasteiger partial charge in [-0.05, 0) is 59.3 Å². The van der Waals surface area contributed by atoms with Crippen molar-refractivity contribution in [3.63, 3.8) is 0 Å². The Labute approximate surface area is 229 Å². The molecule has 0 saturated carbocycles. The molecule has 1 saturated heterocycles. The summed E-state index contributed by atoms with van der Waals surface area (Å²) in [5.41, 5.74) is 0.964. The summed E-state index contributed by atoms with van der Waals surface area (Å²) in [5.74, 6) is -0.668. The van der Waals surface area contributed by atoms with E-state index in [-0.39, 0.29) is 31.1 Å². The fourth-order valence-electron chi connectivity index (χ4n) is 4.40. The van der Waals surface area contributed by atoms with Crippen LogP contribution in [-0.2, 0) is 14.8 Å². The predicted octanol–water partition coefficient (Wildman–Crippen LogP) is 2.53. The fraction of sp³-hybridized carbons (Fsp3) is 0.231. The monoisotopic (exact) mass is 568 g/mol. The van der Waals surface area contributed by atoms with Crippen LogP contribution in [0.1, 0.15) is 5.89 Å². The van der Waals surface area contributed by atoms with Crippen LogP contribution in [-0.4, -0.2) is 72.5 Å². The maximum Gasteiger partial charge on any atom is 0.324 e. The molecule has 0 N–H and O–H groups in total. The smallest absolute Gasteiger partial charge is 0.324 e. The molecule has 13 heteroatoms. The Hall–Kier alpha value is -4.00. The van der Waals surface area contributed by atoms with E-state index in [0.717, 1.165) is 15.7 Å². The number of carboxylic acids is 1. The number of rotatable bonds is 6. The molecule has 0 aliphatic carbocycles. The first kappa shape index (κ1) is 26.6. The highest BCUT2D eigenvalue weighted by Gasteiger charge is 2.32. The van der Waals surface area contributed by atoms with Gasteiger partial charge in [0.25, 0.3) is 0 Å². The van der Waals surface area contributed by atoms with E-state index in [0.29, 0.717) is 28.0 Å². The Kier molecular flexibility index (Phi) is 7.25. The number of hydrogen-bond acceptors (Lipinski definition) is 8. The third-order valence-electron chi connectivity index (χ3n) is 6.40. The molecule has 0 atom stereocenters. The van der Waals surface area contributed by atoms with Crippen molar-refractivity contribution in [2.45, 2.75) is 11.8 Å². The SMILES string of the molecule is Cc1nc(-c2ccc(N(CC(=O)[O-])C(=O)N3CCN(S(=O)(=O)c4ccc5cc(Cl)ccc5c4)CC3)cc2)no1. The number of nitrogens with zero attached hydrogens (tertiary/aromatic N) is 5. The Morgan fingerprint density at radius 1 is 1.00 bits per heavy atom. The van der Waals surface area contributed by atoms with Crippen LogP contribution in [0.25, 0.3) is 22.2 Å². The molecule has 0 bridgehead atoms. The molecule has 3 aromatic carbocycles. The van der Waals surface area contributed by atoms with Gasteiger partial charge in [-0.3, -0.25) is 4.90 Å². The van der Waals surface area contributed by atoms with E-state index < -0.39 is 28.6 Å². The fourth-order valence-corrected chi connectivity index (χ4v) is 6.04. The molecular weight excluding hydrogens is 546 g/mol. The first-order chi connectivity index (χ1) is 18.6. The van der Waals surface area contributed by atoms with Crippen molar-refractivity contribution >= 4 is 50.1 Å². The summed E-state index contributed by atoms with van der Waals surface area (Å²) in [6, 6.07) is 15.9. The molecule has 202 valence electrons. The van der Waals surface area contributed by atoms with Gasteiger partial charge in [-0.2, -0.15) is 9.29 Å². The number of aromatic nitrogens is 2. The average Bonchev–Trinajstić information content (AvgIpc) is 3.37. The summed E-state index contributed by atoms with van der Waals surface area (Å²) in [5, 5.41) is 17.4. The van der Waals surface area contributed by atoms with Crippen LogP contribution in [0.3, 0.4) is 0 Å². The Morgan fingerprint density at radius 3 is 2.31 bits per heavy atom. The van der Waals surface area contributed by atoms with E-state index in [2.05, 4.69) is 10.1 Å². The largest absolute Gasteiger partial charge is 0.548 e. The van der Waals surface area contributed by atoms with E-state index in [1.165, 1.54) is 15.3 Å². The van der Waals surface area contributed by atoms with Gasteiger partial charge in [-0.25, -0.2) is 13.2 Å². The maximum atomic E-state index is 13.3. The second kappa shape index (κ2) is 10.6. The zero-order valence-electron chi connectivity index (χ0n) is 20.8. The lowest BCUT2D eigenvalue weighted by molar-refractivity contribution is -0.303. The number of halogens is 1. The standard InChI is InChI=1S/C26H24ClN5O6S/c1-17-28-25(29-38-17)18-3-7-22(8-4-18)32(16-24(33)34)26(35)30-10-12-31(13-11-30)39(36,37)23-9-5-19-14-21(27)6-2-20(19)15-23/h2-9,14-15H,10-13,16H2,1H3,(H,33,34)/p-1. The highest BCUT2D eigenvalue weighted by atomic mass is 35.5. The Morgan fingerprint density at radius 2 is 1.67 bits per heavy atom. The lowest BCUT2D eigenvalue weighted by Crippen LogP contribution is -2.55. The van der Waals surface area contributed by atoms with Crippen LogP contribution in [0.4, 0.5) is 10.5 Å². The number of carboxylic acid groups (broad SMARTS) is 1. The molecule has 2 heterocycles. The molecule has 2 amide bonds. The number of carbonyl (C=O) groups excluding carboxylic acids is 2. The first-order valence-corrected chi connectivity index (χ1v) is 13.8. The van der Waals surface area contributed by atoms with E-state index >= 15 is 0 Å². The number of amides is 2. The summed E-state index contributed by atoms with van der Waals surface area (Å²) >= 11 is 6.02. The summed E-state index contributed by atoms with van der Waals surface area (Å²) in [7, 11) is -3.81. The molecule has 0 unspecified atom stereocenters. The third kappa shape index (κ3) is 5.58. The lowest BCUT2D eigenvalue weighted by atomic mass is 10.1. The number of urea groups is 1. The van der Waals surface area contributed by atoms with Crippen molar-refractivity contribution < 1.29 is 27.6 Å². The summed E-state index contributed by atoms with van der Waals surface area (Å²) < 4.78 is 32.9. The molecule has 11 nitrogen and oxygen atoms in total. The minimum Gasteiger partial charge on any atom is -0.548 e. The molecule has 5 rings (SSSR count). The van der Waals surface area contributed by atoms with Crippen LogP contribution in [0.15, 0.2) is 70.1 Å². The Bertz CT molecular complexity index is 1650. The molecule has 4 aromatic rings. The number of benzene rings is 3. The van der Waals surface area contributed by atoms with Gasteiger partial charge >= 0.3 is 6.03 Å². The number of aliphatic carboxylic acids is 1. The zero-order valence-corrected chi connectivity index (χ0v) is 22.4. The Balaban J connectivity index is 1.30. The van der Waals surface area contributed by atoms with Crippen molar-refractivity contribution in [1.29, 1.82) is 0 Å². The lowest BCUT2D eigenvalue weighted by Gasteiger charge is -2.37. The van der Waals surface area contributed by atoms with E-state index in [1.54, 1.807) is 61.5 Å². The summed E-state index contributed by atoms with van der Waals surface area (Å²) in [6.07, 6.45) is 0. The van der Waals surface area contributed by atoms with Crippen LogP contribution in [0.2, 0.25) is 5.02 Å². The number of hydrogen-bond donors (Lipinski definition) is 0. The molecule has 1 aromatic heterocycles. The van der Waals surface area contributed by atoms with Gasteiger partial charge in [0.2, 0.25) is 21.7 Å².